The van der Waals surface area contributed by atoms with Gasteiger partial charge in [-0.05, 0) is 155 Å². The van der Waals surface area contributed by atoms with E-state index in [4.69, 9.17) is 13.0 Å². The molecular weight excluding hydrogens is 1140 g/mol. The van der Waals surface area contributed by atoms with Gasteiger partial charge in [-0.25, -0.2) is 0 Å². The Labute approximate surface area is 473 Å². The van der Waals surface area contributed by atoms with E-state index in [1.54, 1.807) is 12.4 Å². The summed E-state index contributed by atoms with van der Waals surface area (Å²) in [7, 11) is -7.23. The normalized spacial score (nSPS) is 11.9. The van der Waals surface area contributed by atoms with Crippen LogP contribution in [0.5, 0.6) is 0 Å². The molecule has 4 nitrogen and oxygen atoms in total. The van der Waals surface area contributed by atoms with Crippen molar-refractivity contribution in [3.63, 3.8) is 0 Å². The van der Waals surface area contributed by atoms with E-state index in [-0.39, 0.29) is 51.2 Å². The van der Waals surface area contributed by atoms with Gasteiger partial charge in [0, 0.05) is 12.4 Å². The average Bonchev–Trinajstić information content (AvgIpc) is 4.07. The molecule has 8 aromatic carbocycles. The fraction of sp³-hybridized carbons (Fsp3) is 0.0938. The average molecular weight is 1210 g/mol. The summed E-state index contributed by atoms with van der Waals surface area (Å²) < 4.78 is 57.5. The minimum atomic E-state index is -5.84. The predicted molar refractivity (Wildman–Crippen MR) is 324 cm³/mol. The summed E-state index contributed by atoms with van der Waals surface area (Å²) in [6.07, 6.45) is 18.4. The van der Waals surface area contributed by atoms with E-state index in [1.165, 1.54) is 72.6 Å². The quantitative estimate of drug-likeness (QED) is 0.0510. The number of rotatable bonds is 14. The zero-order valence-corrected chi connectivity index (χ0v) is 48.6. The second kappa shape index (κ2) is 34.8. The van der Waals surface area contributed by atoms with E-state index >= 15 is 0 Å². The zero-order valence-electron chi connectivity index (χ0n) is 42.5. The van der Waals surface area contributed by atoms with Crippen LogP contribution in [-0.4, -0.2) is 48.1 Å². The standard InChI is InChI=1S/2C26H24P2.C6H7N.C5H5.CHF3O3S.Ru/c2*1-5-13-23(14-6-1)27(24-15-7-2-8-16-24)21-22-28(25-17-9-3-10-18-25)26-19-11-4-12-20-26;1-6-2-4-7-5-3-6;1-2-4-5-3-1;2-1(3,4)8(5,6)7;/h2*1-20H,21-22H2;2-5H,1H3;1-5H;(H,5,6,7);/q;;;;;+2. The molecule has 1 saturated carbocycles. The molecule has 13 heteroatoms. The number of benzene rings is 8. The first kappa shape index (κ1) is 62.8. The van der Waals surface area contributed by atoms with Gasteiger partial charge in [0.15, 0.2) is 0 Å². The van der Waals surface area contributed by atoms with Crippen molar-refractivity contribution in [2.24, 2.45) is 0 Å². The molecule has 393 valence electrons. The van der Waals surface area contributed by atoms with E-state index in [1.807, 2.05) is 51.2 Å². The molecule has 1 aliphatic rings. The predicted octanol–water partition coefficient (Wildman–Crippen LogP) is 13.3. The van der Waals surface area contributed by atoms with Crippen LogP contribution in [0.4, 0.5) is 13.2 Å². The first-order valence-corrected chi connectivity index (χ1v) is 32.1. The Kier molecular flexibility index (Phi) is 28.3. The minimum Gasteiger partial charge on any atom is -0.279 e. The third kappa shape index (κ3) is 22.3. The first-order chi connectivity index (χ1) is 37.0. The van der Waals surface area contributed by atoms with Gasteiger partial charge in [-0.3, -0.25) is 9.54 Å². The van der Waals surface area contributed by atoms with Crippen LogP contribution in [0.3, 0.4) is 0 Å². The molecule has 77 heavy (non-hydrogen) atoms. The largest absolute Gasteiger partial charge is 2.00 e. The molecule has 1 heterocycles. The number of halogens is 3. The number of pyridine rings is 1. The SMILES string of the molecule is Cc1ccncc1.O=S(=O)(O)C(F)(F)F.[CH]1[CH][CH][CH][CH]1.[Ru+2].c1ccc(P(CCP(c2ccccc2)c2ccccc2)c2ccccc2)cc1.c1ccc(P(CCP(c2ccccc2)c2ccccc2)c2ccccc2)cc1. The summed E-state index contributed by atoms with van der Waals surface area (Å²) in [5.41, 5.74) is -4.28. The molecule has 9 aromatic rings. The fourth-order valence-electron chi connectivity index (χ4n) is 7.64. The maximum absolute atomic E-state index is 10.7. The summed E-state index contributed by atoms with van der Waals surface area (Å²) in [5.74, 6) is 0. The Morgan fingerprint density at radius 2 is 0.506 bits per heavy atom. The Hall–Kier alpha value is -5.05. The van der Waals surface area contributed by atoms with Gasteiger partial charge in [-0.1, -0.05) is 243 Å². The van der Waals surface area contributed by atoms with E-state index in [0.717, 1.165) is 0 Å². The molecule has 1 aliphatic carbocycles. The number of nitrogens with zero attached hydrogens (tertiary/aromatic N) is 1. The summed E-state index contributed by atoms with van der Waals surface area (Å²) in [6.45, 7) is 2.04. The smallest absolute Gasteiger partial charge is 0.279 e. The second-order valence-electron chi connectivity index (χ2n) is 16.7. The molecule has 1 fully saturated rings. The van der Waals surface area contributed by atoms with Crippen molar-refractivity contribution in [3.8, 4) is 0 Å². The number of hydrogen-bond donors (Lipinski definition) is 1. The van der Waals surface area contributed by atoms with Gasteiger partial charge >= 0.3 is 35.1 Å². The van der Waals surface area contributed by atoms with Crippen molar-refractivity contribution < 1.29 is 45.6 Å². The molecule has 0 bridgehead atoms. The van der Waals surface area contributed by atoms with Crippen LogP contribution in [0.25, 0.3) is 0 Å². The van der Waals surface area contributed by atoms with Gasteiger partial charge in [0.1, 0.15) is 0 Å². The van der Waals surface area contributed by atoms with Crippen molar-refractivity contribution in [2.45, 2.75) is 12.4 Å². The minimum absolute atomic E-state index is 0. The van der Waals surface area contributed by atoms with E-state index in [9.17, 15) is 13.2 Å². The molecule has 0 saturated heterocycles. The van der Waals surface area contributed by atoms with Crippen LogP contribution >= 0.6 is 31.7 Å². The molecule has 0 spiro atoms. The number of alkyl halides is 3. The second-order valence-corrected chi connectivity index (χ2v) is 27.5. The molecule has 10 rings (SSSR count). The monoisotopic (exact) mass is 1210 g/mol. The number of aryl methyl sites for hydroxylation is 1. The van der Waals surface area contributed by atoms with Crippen LogP contribution in [-0.2, 0) is 29.6 Å². The van der Waals surface area contributed by atoms with Crippen molar-refractivity contribution in [1.82, 2.24) is 4.98 Å². The van der Waals surface area contributed by atoms with Gasteiger partial charge in [0.2, 0.25) is 0 Å². The molecule has 0 amide bonds. The Morgan fingerprint density at radius 3 is 0.623 bits per heavy atom. The molecule has 0 atom stereocenters. The van der Waals surface area contributed by atoms with Gasteiger partial charge in [0.25, 0.3) is 0 Å². The van der Waals surface area contributed by atoms with Gasteiger partial charge in [-0.2, -0.15) is 21.6 Å². The summed E-state index contributed by atoms with van der Waals surface area (Å²) in [6, 6.07) is 92.4. The molecule has 0 unspecified atom stereocenters. The van der Waals surface area contributed by atoms with Crippen LogP contribution in [0.1, 0.15) is 5.56 Å². The molecule has 0 aliphatic heterocycles. The third-order valence-electron chi connectivity index (χ3n) is 11.3. The van der Waals surface area contributed by atoms with Crippen molar-refractivity contribution in [2.75, 3.05) is 24.6 Å². The van der Waals surface area contributed by atoms with E-state index in [2.05, 4.69) is 248 Å². The number of aromatic nitrogens is 1. The summed E-state index contributed by atoms with van der Waals surface area (Å²) >= 11 is 0. The van der Waals surface area contributed by atoms with Crippen molar-refractivity contribution in [3.05, 3.63) is 305 Å². The number of hydrogen-bond acceptors (Lipinski definition) is 3. The maximum Gasteiger partial charge on any atom is 2.00 e. The molecule has 1 N–H and O–H groups in total. The Morgan fingerprint density at radius 1 is 0.351 bits per heavy atom. The summed E-state index contributed by atoms with van der Waals surface area (Å²) in [4.78, 5) is 3.85. The van der Waals surface area contributed by atoms with Crippen molar-refractivity contribution >= 4 is 84.2 Å². The van der Waals surface area contributed by atoms with E-state index in [0.29, 0.717) is 0 Å². The van der Waals surface area contributed by atoms with Crippen LogP contribution in [0, 0.1) is 39.0 Å². The third-order valence-corrected chi connectivity index (χ3v) is 22.7. The van der Waals surface area contributed by atoms with E-state index < -0.39 is 15.6 Å². The summed E-state index contributed by atoms with van der Waals surface area (Å²) in [5, 5.41) is 11.8. The van der Waals surface area contributed by atoms with Gasteiger partial charge in [-0.15, -0.1) is 0 Å². The molecule has 5 radical (unpaired) electrons. The van der Waals surface area contributed by atoms with Crippen LogP contribution in [0.15, 0.2) is 267 Å². The van der Waals surface area contributed by atoms with Crippen LogP contribution < -0.4 is 42.4 Å². The molecule has 1 aromatic heterocycles. The van der Waals surface area contributed by atoms with Gasteiger partial charge < -0.3 is 0 Å². The van der Waals surface area contributed by atoms with Crippen molar-refractivity contribution in [1.29, 1.82) is 0 Å². The van der Waals surface area contributed by atoms with Crippen LogP contribution in [0.2, 0.25) is 0 Å². The topological polar surface area (TPSA) is 67.3 Å². The van der Waals surface area contributed by atoms with Gasteiger partial charge in [0.05, 0.1) is 0 Å². The first-order valence-electron chi connectivity index (χ1n) is 24.6. The molecular formula is C64H61F3NO3P4RuS+2. The Bertz CT molecular complexity index is 2540. The fourth-order valence-corrected chi connectivity index (χ4v) is 18.4. The Balaban J connectivity index is 0.000000207. The maximum atomic E-state index is 10.7. The zero-order chi connectivity index (χ0) is 53.7.